The molecule has 1 aliphatic rings. The van der Waals surface area contributed by atoms with Gasteiger partial charge in [0.1, 0.15) is 5.82 Å². The predicted molar refractivity (Wildman–Crippen MR) is 119 cm³/mol. The average Bonchev–Trinajstić information content (AvgIpc) is 2.70. The predicted octanol–water partition coefficient (Wildman–Crippen LogP) is 4.07. The van der Waals surface area contributed by atoms with Crippen LogP contribution in [0.3, 0.4) is 0 Å². The van der Waals surface area contributed by atoms with Crippen molar-refractivity contribution in [2.45, 2.75) is 44.7 Å². The first-order chi connectivity index (χ1) is 13.8. The number of amides is 2. The van der Waals surface area contributed by atoms with E-state index >= 15 is 0 Å². The number of aryl methyl sites for hydroxylation is 1. The molecule has 1 saturated carbocycles. The second-order valence-electron chi connectivity index (χ2n) is 7.78. The van der Waals surface area contributed by atoms with Gasteiger partial charge in [-0.3, -0.25) is 4.90 Å². The molecule has 2 N–H and O–H groups in total. The van der Waals surface area contributed by atoms with E-state index in [9.17, 15) is 4.79 Å². The summed E-state index contributed by atoms with van der Waals surface area (Å²) in [5.41, 5.74) is 1.83. The molecule has 1 aromatic heterocycles. The molecule has 0 unspecified atom stereocenters. The third-order valence-electron chi connectivity index (χ3n) is 5.26. The number of benzene rings is 1. The molecule has 1 aliphatic carbocycles. The highest BCUT2D eigenvalue weighted by molar-refractivity contribution is 6.30. The number of carbonyl (C=O) groups is 1. The molecule has 0 atom stereocenters. The summed E-state index contributed by atoms with van der Waals surface area (Å²) in [5, 5.41) is 7.19. The highest BCUT2D eigenvalue weighted by atomic mass is 35.5. The van der Waals surface area contributed by atoms with Crippen LogP contribution in [0.2, 0.25) is 5.02 Å². The van der Waals surface area contributed by atoms with Crippen LogP contribution >= 0.6 is 11.6 Å². The minimum Gasteiger partial charge on any atom is -0.362 e. The Morgan fingerprint density at radius 1 is 1.14 bits per heavy atom. The largest absolute Gasteiger partial charge is 0.362 e. The minimum absolute atomic E-state index is 0.110. The van der Waals surface area contributed by atoms with Crippen LogP contribution in [-0.4, -0.2) is 49.2 Å². The summed E-state index contributed by atoms with van der Waals surface area (Å²) in [6, 6.07) is 7.66. The van der Waals surface area contributed by atoms with Crippen molar-refractivity contribution in [2.24, 2.45) is 0 Å². The van der Waals surface area contributed by atoms with Gasteiger partial charge < -0.3 is 15.5 Å². The van der Waals surface area contributed by atoms with Crippen LogP contribution in [0.25, 0.3) is 0 Å². The standard InChI is InChI=1S/C21H29ClN6O/c1-14-13-23-20(26-19(14)27(2)3)24-16-8-10-17(11-9-16)25-21(29)28(4)18-7-5-6-15(22)12-18/h5-7,12-13,16-17H,8-11H2,1-4H3,(H,25,29)(H,23,24,26)/t16-,17+. The Morgan fingerprint density at radius 2 is 1.83 bits per heavy atom. The Kier molecular flexibility index (Phi) is 6.79. The number of aromatic nitrogens is 2. The van der Waals surface area contributed by atoms with Crippen molar-refractivity contribution >= 4 is 35.1 Å². The summed E-state index contributed by atoms with van der Waals surface area (Å²) < 4.78 is 0. The summed E-state index contributed by atoms with van der Waals surface area (Å²) in [4.78, 5) is 25.2. The van der Waals surface area contributed by atoms with Crippen LogP contribution in [0.1, 0.15) is 31.2 Å². The normalized spacial score (nSPS) is 18.8. The molecule has 156 valence electrons. The lowest BCUT2D eigenvalue weighted by atomic mass is 9.91. The van der Waals surface area contributed by atoms with E-state index in [2.05, 4.69) is 20.6 Å². The van der Waals surface area contributed by atoms with Crippen molar-refractivity contribution in [3.05, 3.63) is 41.0 Å². The first-order valence-corrected chi connectivity index (χ1v) is 10.3. The molecule has 8 heteroatoms. The van der Waals surface area contributed by atoms with Crippen molar-refractivity contribution in [3.8, 4) is 0 Å². The van der Waals surface area contributed by atoms with E-state index in [-0.39, 0.29) is 12.1 Å². The Morgan fingerprint density at radius 3 is 2.48 bits per heavy atom. The minimum atomic E-state index is -0.110. The molecular weight excluding hydrogens is 388 g/mol. The first-order valence-electron chi connectivity index (χ1n) is 9.90. The molecule has 29 heavy (non-hydrogen) atoms. The highest BCUT2D eigenvalue weighted by Gasteiger charge is 2.24. The Balaban J connectivity index is 1.50. The molecule has 2 amide bonds. The van der Waals surface area contributed by atoms with Gasteiger partial charge in [-0.2, -0.15) is 4.98 Å². The molecule has 7 nitrogen and oxygen atoms in total. The molecule has 1 aromatic carbocycles. The molecule has 1 heterocycles. The smallest absolute Gasteiger partial charge is 0.321 e. The van der Waals surface area contributed by atoms with E-state index in [1.807, 2.05) is 44.2 Å². The highest BCUT2D eigenvalue weighted by Crippen LogP contribution is 2.24. The van der Waals surface area contributed by atoms with Crippen molar-refractivity contribution in [1.82, 2.24) is 15.3 Å². The fraction of sp³-hybridized carbons (Fsp3) is 0.476. The second kappa shape index (κ2) is 9.31. The number of halogens is 1. The third-order valence-corrected chi connectivity index (χ3v) is 5.49. The third kappa shape index (κ3) is 5.50. The SMILES string of the molecule is Cc1cnc(N[C@H]2CC[C@@H](NC(=O)N(C)c3cccc(Cl)c3)CC2)nc1N(C)C. The van der Waals surface area contributed by atoms with Gasteiger partial charge in [-0.15, -0.1) is 0 Å². The van der Waals surface area contributed by atoms with Gasteiger partial charge in [0.05, 0.1) is 0 Å². The molecule has 0 bridgehead atoms. The lowest BCUT2D eigenvalue weighted by Crippen LogP contribution is -2.45. The van der Waals surface area contributed by atoms with Crippen molar-refractivity contribution in [1.29, 1.82) is 0 Å². The van der Waals surface area contributed by atoms with Crippen molar-refractivity contribution in [3.63, 3.8) is 0 Å². The number of anilines is 3. The zero-order chi connectivity index (χ0) is 21.0. The number of nitrogens with one attached hydrogen (secondary N) is 2. The van der Waals surface area contributed by atoms with Gasteiger partial charge in [-0.1, -0.05) is 17.7 Å². The first kappa shape index (κ1) is 21.2. The quantitative estimate of drug-likeness (QED) is 0.768. The lowest BCUT2D eigenvalue weighted by Gasteiger charge is -2.31. The maximum Gasteiger partial charge on any atom is 0.321 e. The monoisotopic (exact) mass is 416 g/mol. The fourth-order valence-electron chi connectivity index (χ4n) is 3.59. The van der Waals surface area contributed by atoms with Gasteiger partial charge in [0.2, 0.25) is 5.95 Å². The average molecular weight is 417 g/mol. The van der Waals surface area contributed by atoms with Crippen LogP contribution in [0, 0.1) is 6.92 Å². The molecule has 0 spiro atoms. The van der Waals surface area contributed by atoms with Gasteiger partial charge in [0.15, 0.2) is 0 Å². The Bertz CT molecular complexity index is 851. The zero-order valence-electron chi connectivity index (χ0n) is 17.4. The maximum absolute atomic E-state index is 12.6. The van der Waals surface area contributed by atoms with Gasteiger partial charge >= 0.3 is 6.03 Å². The topological polar surface area (TPSA) is 73.4 Å². The number of hydrogen-bond donors (Lipinski definition) is 2. The molecular formula is C21H29ClN6O. The fourth-order valence-corrected chi connectivity index (χ4v) is 3.78. The molecule has 2 aromatic rings. The van der Waals surface area contributed by atoms with Gasteiger partial charge in [-0.05, 0) is 50.8 Å². The van der Waals surface area contributed by atoms with Crippen LogP contribution in [0.4, 0.5) is 22.2 Å². The van der Waals surface area contributed by atoms with Gasteiger partial charge in [-0.25, -0.2) is 9.78 Å². The van der Waals surface area contributed by atoms with Crippen LogP contribution < -0.4 is 20.4 Å². The molecule has 0 radical (unpaired) electrons. The van der Waals surface area contributed by atoms with E-state index in [0.29, 0.717) is 17.0 Å². The number of hydrogen-bond acceptors (Lipinski definition) is 5. The summed E-state index contributed by atoms with van der Waals surface area (Å²) in [5.74, 6) is 1.58. The van der Waals surface area contributed by atoms with E-state index in [1.54, 1.807) is 24.1 Å². The number of carbonyl (C=O) groups excluding carboxylic acids is 1. The van der Waals surface area contributed by atoms with Crippen LogP contribution in [0.15, 0.2) is 30.5 Å². The van der Waals surface area contributed by atoms with E-state index in [4.69, 9.17) is 11.6 Å². The van der Waals surface area contributed by atoms with Crippen LogP contribution in [-0.2, 0) is 0 Å². The van der Waals surface area contributed by atoms with Crippen LogP contribution in [0.5, 0.6) is 0 Å². The Hall–Kier alpha value is -2.54. The summed E-state index contributed by atoms with van der Waals surface area (Å²) in [6.45, 7) is 2.01. The number of urea groups is 1. The lowest BCUT2D eigenvalue weighted by molar-refractivity contribution is 0.238. The van der Waals surface area contributed by atoms with E-state index in [0.717, 1.165) is 42.8 Å². The summed E-state index contributed by atoms with van der Waals surface area (Å²) in [6.07, 6.45) is 5.60. The zero-order valence-corrected chi connectivity index (χ0v) is 18.2. The maximum atomic E-state index is 12.6. The molecule has 1 fully saturated rings. The molecule has 3 rings (SSSR count). The number of rotatable bonds is 5. The number of nitrogens with zero attached hydrogens (tertiary/aromatic N) is 4. The van der Waals surface area contributed by atoms with E-state index in [1.165, 1.54) is 0 Å². The van der Waals surface area contributed by atoms with E-state index < -0.39 is 0 Å². The summed E-state index contributed by atoms with van der Waals surface area (Å²) >= 11 is 6.03. The summed E-state index contributed by atoms with van der Waals surface area (Å²) in [7, 11) is 5.71. The Labute approximate surface area is 177 Å². The van der Waals surface area contributed by atoms with Crippen molar-refractivity contribution < 1.29 is 4.79 Å². The molecule has 0 aliphatic heterocycles. The van der Waals surface area contributed by atoms with Gasteiger partial charge in [0.25, 0.3) is 0 Å². The van der Waals surface area contributed by atoms with Gasteiger partial charge in [0, 0.05) is 55.7 Å². The molecule has 0 saturated heterocycles. The second-order valence-corrected chi connectivity index (χ2v) is 8.21. The van der Waals surface area contributed by atoms with Crippen molar-refractivity contribution in [2.75, 3.05) is 36.3 Å².